The predicted molar refractivity (Wildman–Crippen MR) is 63.9 cm³/mol. The Morgan fingerprint density at radius 2 is 2.10 bits per heavy atom. The van der Waals surface area contributed by atoms with Crippen molar-refractivity contribution in [2.24, 2.45) is 0 Å². The molecule has 0 radical (unpaired) electrons. The number of carboxylic acid groups (broad SMARTS) is 1. The maximum absolute atomic E-state index is 12.0. The van der Waals surface area contributed by atoms with Crippen LogP contribution in [0.3, 0.4) is 0 Å². The SMILES string of the molecule is O=C(O)COCCNC(=O)c1cccc(OC(F)F)c1. The van der Waals surface area contributed by atoms with Crippen LogP contribution < -0.4 is 10.1 Å². The Morgan fingerprint density at radius 3 is 2.75 bits per heavy atom. The van der Waals surface area contributed by atoms with Gasteiger partial charge in [0.2, 0.25) is 0 Å². The van der Waals surface area contributed by atoms with Crippen LogP contribution in [0.25, 0.3) is 0 Å². The van der Waals surface area contributed by atoms with Gasteiger partial charge in [-0.2, -0.15) is 8.78 Å². The van der Waals surface area contributed by atoms with Crippen LogP contribution >= 0.6 is 0 Å². The second-order valence-electron chi connectivity index (χ2n) is 3.61. The van der Waals surface area contributed by atoms with Crippen molar-refractivity contribution in [2.45, 2.75) is 6.61 Å². The molecule has 0 aliphatic rings. The van der Waals surface area contributed by atoms with Crippen molar-refractivity contribution in [2.75, 3.05) is 19.8 Å². The Balaban J connectivity index is 2.41. The van der Waals surface area contributed by atoms with E-state index in [0.717, 1.165) is 0 Å². The molecule has 0 aromatic heterocycles. The number of hydrogen-bond acceptors (Lipinski definition) is 4. The molecule has 1 aromatic rings. The van der Waals surface area contributed by atoms with Gasteiger partial charge in [-0.15, -0.1) is 0 Å². The molecular weight excluding hydrogens is 276 g/mol. The predicted octanol–water partition coefficient (Wildman–Crippen LogP) is 1.12. The Morgan fingerprint density at radius 1 is 1.35 bits per heavy atom. The zero-order chi connectivity index (χ0) is 15.0. The molecule has 8 heteroatoms. The van der Waals surface area contributed by atoms with Crippen LogP contribution in [0.1, 0.15) is 10.4 Å². The van der Waals surface area contributed by atoms with Gasteiger partial charge in [0.05, 0.1) is 6.61 Å². The molecule has 0 bridgehead atoms. The maximum Gasteiger partial charge on any atom is 0.387 e. The first-order valence-corrected chi connectivity index (χ1v) is 5.61. The van der Waals surface area contributed by atoms with Crippen molar-refractivity contribution < 1.29 is 33.0 Å². The molecule has 20 heavy (non-hydrogen) atoms. The third-order valence-electron chi connectivity index (χ3n) is 2.08. The highest BCUT2D eigenvalue weighted by Gasteiger charge is 2.09. The van der Waals surface area contributed by atoms with Gasteiger partial charge in [0.25, 0.3) is 5.91 Å². The summed E-state index contributed by atoms with van der Waals surface area (Å²) in [7, 11) is 0. The second kappa shape index (κ2) is 8.05. The van der Waals surface area contributed by atoms with Crippen molar-refractivity contribution >= 4 is 11.9 Å². The van der Waals surface area contributed by atoms with Crippen molar-refractivity contribution in [3.05, 3.63) is 29.8 Å². The van der Waals surface area contributed by atoms with Gasteiger partial charge in [-0.05, 0) is 18.2 Å². The van der Waals surface area contributed by atoms with E-state index in [9.17, 15) is 18.4 Å². The molecule has 2 N–H and O–H groups in total. The van der Waals surface area contributed by atoms with Gasteiger partial charge in [-0.3, -0.25) is 4.79 Å². The molecule has 0 fully saturated rings. The summed E-state index contributed by atoms with van der Waals surface area (Å²) in [5, 5.41) is 10.8. The van der Waals surface area contributed by atoms with Crippen LogP contribution in [0.4, 0.5) is 8.78 Å². The summed E-state index contributed by atoms with van der Waals surface area (Å²) >= 11 is 0. The van der Waals surface area contributed by atoms with E-state index in [1.54, 1.807) is 0 Å². The number of hydrogen-bond donors (Lipinski definition) is 2. The molecule has 0 atom stereocenters. The normalized spacial score (nSPS) is 10.3. The van der Waals surface area contributed by atoms with E-state index in [1.165, 1.54) is 24.3 Å². The van der Waals surface area contributed by atoms with E-state index in [1.807, 2.05) is 0 Å². The number of ether oxygens (including phenoxy) is 2. The highest BCUT2D eigenvalue weighted by atomic mass is 19.3. The third kappa shape index (κ3) is 6.10. The van der Waals surface area contributed by atoms with Crippen molar-refractivity contribution in [1.82, 2.24) is 5.32 Å². The number of aliphatic carboxylic acids is 1. The summed E-state index contributed by atoms with van der Waals surface area (Å²) in [6.45, 7) is -3.28. The van der Waals surface area contributed by atoms with E-state index < -0.39 is 25.1 Å². The lowest BCUT2D eigenvalue weighted by atomic mass is 10.2. The summed E-state index contributed by atoms with van der Waals surface area (Å²) in [6, 6.07) is 5.33. The first-order chi connectivity index (χ1) is 9.49. The largest absolute Gasteiger partial charge is 0.480 e. The van der Waals surface area contributed by atoms with Crippen LogP contribution in [0.2, 0.25) is 0 Å². The van der Waals surface area contributed by atoms with Crippen LogP contribution in [0, 0.1) is 0 Å². The molecule has 1 rings (SSSR count). The lowest BCUT2D eigenvalue weighted by Gasteiger charge is -2.08. The van der Waals surface area contributed by atoms with Gasteiger partial charge in [0.15, 0.2) is 0 Å². The molecule has 6 nitrogen and oxygen atoms in total. The van der Waals surface area contributed by atoms with Crippen molar-refractivity contribution in [3.8, 4) is 5.75 Å². The maximum atomic E-state index is 12.0. The van der Waals surface area contributed by atoms with Crippen LogP contribution in [0.15, 0.2) is 24.3 Å². The molecule has 0 aliphatic carbocycles. The van der Waals surface area contributed by atoms with Crippen LogP contribution in [-0.4, -0.2) is 43.4 Å². The molecule has 1 amide bonds. The second-order valence-corrected chi connectivity index (χ2v) is 3.61. The number of amides is 1. The first-order valence-electron chi connectivity index (χ1n) is 5.61. The van der Waals surface area contributed by atoms with Gasteiger partial charge in [0.1, 0.15) is 12.4 Å². The van der Waals surface area contributed by atoms with E-state index >= 15 is 0 Å². The number of benzene rings is 1. The molecular formula is C12H13F2NO5. The summed E-state index contributed by atoms with van der Waals surface area (Å²) in [6.07, 6.45) is 0. The minimum absolute atomic E-state index is 0.0330. The zero-order valence-electron chi connectivity index (χ0n) is 10.3. The number of nitrogens with one attached hydrogen (secondary N) is 1. The molecule has 0 aliphatic heterocycles. The van der Waals surface area contributed by atoms with E-state index in [4.69, 9.17) is 9.84 Å². The quantitative estimate of drug-likeness (QED) is 0.700. The van der Waals surface area contributed by atoms with E-state index in [2.05, 4.69) is 10.1 Å². The van der Waals surface area contributed by atoms with Gasteiger partial charge in [-0.25, -0.2) is 4.79 Å². The Kier molecular flexibility index (Phi) is 6.38. The summed E-state index contributed by atoms with van der Waals surface area (Å²) < 4.78 is 32.9. The van der Waals surface area contributed by atoms with E-state index in [-0.39, 0.29) is 24.5 Å². The molecule has 0 saturated carbocycles. The average molecular weight is 289 g/mol. The Labute approximate surface area is 113 Å². The lowest BCUT2D eigenvalue weighted by Crippen LogP contribution is -2.27. The number of rotatable bonds is 8. The van der Waals surface area contributed by atoms with E-state index in [0.29, 0.717) is 0 Å². The van der Waals surface area contributed by atoms with Crippen LogP contribution in [-0.2, 0) is 9.53 Å². The molecule has 0 heterocycles. The summed E-state index contributed by atoms with van der Waals surface area (Å²) in [5.74, 6) is -1.72. The smallest absolute Gasteiger partial charge is 0.387 e. The van der Waals surface area contributed by atoms with Crippen molar-refractivity contribution in [1.29, 1.82) is 0 Å². The topological polar surface area (TPSA) is 84.9 Å². The fourth-order valence-electron chi connectivity index (χ4n) is 1.31. The number of halogens is 2. The molecule has 0 saturated heterocycles. The standard InChI is InChI=1S/C12H13F2NO5/c13-12(14)20-9-3-1-2-8(6-9)11(18)15-4-5-19-7-10(16)17/h1-3,6,12H,4-5,7H2,(H,15,18)(H,16,17). The average Bonchev–Trinajstić information content (AvgIpc) is 2.37. The zero-order valence-corrected chi connectivity index (χ0v) is 10.3. The number of carboxylic acids is 1. The summed E-state index contributed by atoms with van der Waals surface area (Å²) in [4.78, 5) is 21.8. The highest BCUT2D eigenvalue weighted by Crippen LogP contribution is 2.15. The Bertz CT molecular complexity index is 467. The minimum Gasteiger partial charge on any atom is -0.480 e. The van der Waals surface area contributed by atoms with Gasteiger partial charge >= 0.3 is 12.6 Å². The van der Waals surface area contributed by atoms with Crippen LogP contribution in [0.5, 0.6) is 5.75 Å². The molecule has 0 unspecified atom stereocenters. The molecule has 0 spiro atoms. The summed E-state index contributed by atoms with van der Waals surface area (Å²) in [5.41, 5.74) is 0.154. The first kappa shape index (κ1) is 15.8. The third-order valence-corrected chi connectivity index (χ3v) is 2.08. The van der Waals surface area contributed by atoms with Gasteiger partial charge in [-0.1, -0.05) is 6.07 Å². The molecule has 110 valence electrons. The minimum atomic E-state index is -2.96. The number of carbonyl (C=O) groups excluding carboxylic acids is 1. The number of carbonyl (C=O) groups is 2. The highest BCUT2D eigenvalue weighted by molar-refractivity contribution is 5.94. The fraction of sp³-hybridized carbons (Fsp3) is 0.333. The molecule has 1 aromatic carbocycles. The fourth-order valence-corrected chi connectivity index (χ4v) is 1.31. The monoisotopic (exact) mass is 289 g/mol. The lowest BCUT2D eigenvalue weighted by molar-refractivity contribution is -0.142. The number of alkyl halides is 2. The Hall–Kier alpha value is -2.22. The van der Waals surface area contributed by atoms with Crippen molar-refractivity contribution in [3.63, 3.8) is 0 Å². The van der Waals surface area contributed by atoms with Gasteiger partial charge < -0.3 is 19.9 Å². The van der Waals surface area contributed by atoms with Gasteiger partial charge in [0, 0.05) is 12.1 Å².